The van der Waals surface area contributed by atoms with Gasteiger partial charge in [0.15, 0.2) is 12.8 Å². The molecule has 1 heterocycles. The Bertz CT molecular complexity index is 942. The predicted octanol–water partition coefficient (Wildman–Crippen LogP) is 2.71. The van der Waals surface area contributed by atoms with Gasteiger partial charge in [-0.15, -0.1) is 0 Å². The Hall–Kier alpha value is -3.67. The summed E-state index contributed by atoms with van der Waals surface area (Å²) in [4.78, 5) is 24.1. The zero-order valence-corrected chi connectivity index (χ0v) is 14.5. The standard InChI is InChI=1S/C21H18N2O4/c24-20(15-27-21(25)19-12-6-7-13-23(19)26)22-18-11-5-4-10-17(18)14-16-8-2-1-3-9-16/h1-13H,14-15H2,(H,22,24). The van der Waals surface area contributed by atoms with E-state index in [0.29, 0.717) is 16.8 Å². The van der Waals surface area contributed by atoms with E-state index in [9.17, 15) is 14.8 Å². The lowest BCUT2D eigenvalue weighted by Gasteiger charge is -2.11. The van der Waals surface area contributed by atoms with Gasteiger partial charge in [-0.1, -0.05) is 48.5 Å². The summed E-state index contributed by atoms with van der Waals surface area (Å²) in [6.07, 6.45) is 1.85. The van der Waals surface area contributed by atoms with Crippen molar-refractivity contribution in [2.75, 3.05) is 11.9 Å². The maximum atomic E-state index is 12.2. The summed E-state index contributed by atoms with van der Waals surface area (Å²) in [5, 5.41) is 14.3. The number of rotatable bonds is 6. The number of para-hydroxylation sites is 1. The molecule has 1 aromatic heterocycles. The molecular formula is C21H18N2O4. The summed E-state index contributed by atoms with van der Waals surface area (Å²) in [5.41, 5.74) is 2.55. The van der Waals surface area contributed by atoms with Crippen LogP contribution in [0.25, 0.3) is 0 Å². The van der Waals surface area contributed by atoms with E-state index >= 15 is 0 Å². The topological polar surface area (TPSA) is 82.3 Å². The third-order valence-electron chi connectivity index (χ3n) is 3.90. The van der Waals surface area contributed by atoms with Crippen LogP contribution in [-0.4, -0.2) is 18.5 Å². The highest BCUT2D eigenvalue weighted by Crippen LogP contribution is 2.19. The van der Waals surface area contributed by atoms with E-state index in [-0.39, 0.29) is 5.69 Å². The van der Waals surface area contributed by atoms with Crippen LogP contribution in [0.2, 0.25) is 0 Å². The molecule has 3 rings (SSSR count). The fourth-order valence-corrected chi connectivity index (χ4v) is 2.59. The molecule has 0 fully saturated rings. The van der Waals surface area contributed by atoms with Gasteiger partial charge >= 0.3 is 11.7 Å². The minimum Gasteiger partial charge on any atom is -0.618 e. The van der Waals surface area contributed by atoms with Crippen LogP contribution in [0.3, 0.4) is 0 Å². The monoisotopic (exact) mass is 362 g/mol. The molecule has 0 radical (unpaired) electrons. The summed E-state index contributed by atoms with van der Waals surface area (Å²) >= 11 is 0. The van der Waals surface area contributed by atoms with Crippen molar-refractivity contribution in [2.45, 2.75) is 6.42 Å². The van der Waals surface area contributed by atoms with Crippen molar-refractivity contribution in [3.05, 3.63) is 101 Å². The van der Waals surface area contributed by atoms with E-state index in [2.05, 4.69) is 5.32 Å². The number of amides is 1. The number of carbonyl (C=O) groups is 2. The molecule has 2 aromatic carbocycles. The van der Waals surface area contributed by atoms with Gasteiger partial charge in [0.25, 0.3) is 5.91 Å². The van der Waals surface area contributed by atoms with Crippen molar-refractivity contribution in [1.82, 2.24) is 0 Å². The first-order chi connectivity index (χ1) is 13.1. The number of ether oxygens (including phenoxy) is 1. The second kappa shape index (κ2) is 8.62. The lowest BCUT2D eigenvalue weighted by molar-refractivity contribution is -0.608. The van der Waals surface area contributed by atoms with E-state index in [0.717, 1.165) is 11.1 Å². The van der Waals surface area contributed by atoms with Crippen LogP contribution in [0.15, 0.2) is 79.0 Å². The number of anilines is 1. The van der Waals surface area contributed by atoms with E-state index in [1.807, 2.05) is 48.5 Å². The Morgan fingerprint density at radius 1 is 0.926 bits per heavy atom. The molecule has 6 heteroatoms. The van der Waals surface area contributed by atoms with Gasteiger partial charge < -0.3 is 15.3 Å². The molecule has 0 unspecified atom stereocenters. The number of esters is 1. The summed E-state index contributed by atoms with van der Waals surface area (Å²) in [7, 11) is 0. The second-order valence-corrected chi connectivity index (χ2v) is 5.86. The molecule has 0 aliphatic rings. The normalized spacial score (nSPS) is 10.2. The molecule has 0 atom stereocenters. The van der Waals surface area contributed by atoms with Gasteiger partial charge in [-0.3, -0.25) is 4.79 Å². The van der Waals surface area contributed by atoms with Crippen LogP contribution in [0.1, 0.15) is 21.6 Å². The Kier molecular flexibility index (Phi) is 5.79. The number of nitrogens with one attached hydrogen (secondary N) is 1. The number of benzene rings is 2. The van der Waals surface area contributed by atoms with Crippen LogP contribution in [0, 0.1) is 5.21 Å². The quantitative estimate of drug-likeness (QED) is 0.415. The van der Waals surface area contributed by atoms with Crippen molar-refractivity contribution in [2.24, 2.45) is 0 Å². The van der Waals surface area contributed by atoms with Crippen molar-refractivity contribution < 1.29 is 19.1 Å². The summed E-state index contributed by atoms with van der Waals surface area (Å²) in [5.74, 6) is -1.32. The largest absolute Gasteiger partial charge is 0.618 e. The molecular weight excluding hydrogens is 344 g/mol. The molecule has 0 spiro atoms. The lowest BCUT2D eigenvalue weighted by Crippen LogP contribution is -2.35. The van der Waals surface area contributed by atoms with Crippen LogP contribution < -0.4 is 10.0 Å². The molecule has 0 aliphatic heterocycles. The smallest absolute Gasteiger partial charge is 0.405 e. The van der Waals surface area contributed by atoms with Crippen LogP contribution in [-0.2, 0) is 16.0 Å². The van der Waals surface area contributed by atoms with E-state index in [4.69, 9.17) is 4.74 Å². The molecule has 27 heavy (non-hydrogen) atoms. The summed E-state index contributed by atoms with van der Waals surface area (Å²) in [6.45, 7) is -0.479. The number of nitrogens with zero attached hydrogens (tertiary/aromatic N) is 1. The average Bonchev–Trinajstić information content (AvgIpc) is 2.69. The molecule has 6 nitrogen and oxygen atoms in total. The highest BCUT2D eigenvalue weighted by atomic mass is 16.5. The van der Waals surface area contributed by atoms with Crippen LogP contribution in [0.5, 0.6) is 0 Å². The van der Waals surface area contributed by atoms with Gasteiger partial charge in [0.05, 0.1) is 0 Å². The van der Waals surface area contributed by atoms with Crippen molar-refractivity contribution >= 4 is 17.6 Å². The molecule has 0 bridgehead atoms. The first-order valence-corrected chi connectivity index (χ1v) is 8.40. The average molecular weight is 362 g/mol. The molecule has 0 aliphatic carbocycles. The maximum Gasteiger partial charge on any atom is 0.405 e. The second-order valence-electron chi connectivity index (χ2n) is 5.86. The van der Waals surface area contributed by atoms with Gasteiger partial charge in [0.1, 0.15) is 0 Å². The van der Waals surface area contributed by atoms with Gasteiger partial charge in [-0.2, -0.15) is 4.73 Å². The summed E-state index contributed by atoms with van der Waals surface area (Å²) < 4.78 is 5.33. The third-order valence-corrected chi connectivity index (χ3v) is 3.90. The summed E-state index contributed by atoms with van der Waals surface area (Å²) in [6, 6.07) is 21.7. The fourth-order valence-electron chi connectivity index (χ4n) is 2.59. The third kappa shape index (κ3) is 4.92. The first-order valence-electron chi connectivity index (χ1n) is 8.40. The van der Waals surface area contributed by atoms with Crippen molar-refractivity contribution in [3.63, 3.8) is 0 Å². The maximum absolute atomic E-state index is 12.2. The van der Waals surface area contributed by atoms with Crippen LogP contribution >= 0.6 is 0 Å². The van der Waals surface area contributed by atoms with Gasteiger partial charge in [-0.25, -0.2) is 4.79 Å². The van der Waals surface area contributed by atoms with Gasteiger partial charge in [0.2, 0.25) is 0 Å². The van der Waals surface area contributed by atoms with Crippen LogP contribution in [0.4, 0.5) is 5.69 Å². The number of hydrogen-bond donors (Lipinski definition) is 1. The molecule has 0 saturated carbocycles. The lowest BCUT2D eigenvalue weighted by atomic mass is 10.0. The molecule has 136 valence electrons. The highest BCUT2D eigenvalue weighted by Gasteiger charge is 2.18. The molecule has 1 amide bonds. The van der Waals surface area contributed by atoms with Crippen molar-refractivity contribution in [1.29, 1.82) is 0 Å². The zero-order valence-electron chi connectivity index (χ0n) is 14.5. The molecule has 1 N–H and O–H groups in total. The fraction of sp³-hybridized carbons (Fsp3) is 0.0952. The molecule has 3 aromatic rings. The van der Waals surface area contributed by atoms with E-state index in [1.165, 1.54) is 18.3 Å². The number of pyridine rings is 1. The number of hydrogen-bond acceptors (Lipinski definition) is 4. The van der Waals surface area contributed by atoms with Gasteiger partial charge in [-0.05, 0) is 29.7 Å². The minimum absolute atomic E-state index is 0.172. The van der Waals surface area contributed by atoms with E-state index < -0.39 is 18.5 Å². The SMILES string of the molecule is O=C(COC(=O)c1cccc[n+]1[O-])Nc1ccccc1Cc1ccccc1. The van der Waals surface area contributed by atoms with E-state index in [1.54, 1.807) is 12.1 Å². The Morgan fingerprint density at radius 2 is 1.63 bits per heavy atom. The minimum atomic E-state index is -0.849. The Morgan fingerprint density at radius 3 is 2.41 bits per heavy atom. The highest BCUT2D eigenvalue weighted by molar-refractivity contribution is 5.95. The zero-order chi connectivity index (χ0) is 19.1. The predicted molar refractivity (Wildman–Crippen MR) is 100 cm³/mol. The van der Waals surface area contributed by atoms with Gasteiger partial charge in [0, 0.05) is 17.8 Å². The number of aromatic nitrogens is 1. The Labute approximate surface area is 156 Å². The molecule has 0 saturated heterocycles. The van der Waals surface area contributed by atoms with Crippen molar-refractivity contribution in [3.8, 4) is 0 Å². The number of carbonyl (C=O) groups excluding carboxylic acids is 2. The first kappa shape index (κ1) is 18.1. The Balaban J connectivity index is 1.61.